The molecule has 1 aliphatic rings. The number of aromatic nitrogens is 1. The van der Waals surface area contributed by atoms with Crippen LogP contribution in [-0.4, -0.2) is 17.1 Å². The third kappa shape index (κ3) is 4.25. The number of hydrogen-bond acceptors (Lipinski definition) is 2. The molecule has 2 amide bonds. The van der Waals surface area contributed by atoms with Crippen LogP contribution in [0.4, 0.5) is 14.9 Å². The summed E-state index contributed by atoms with van der Waals surface area (Å²) in [5, 5.41) is 7.40. The molecule has 1 fully saturated rings. The Bertz CT molecular complexity index is 985. The summed E-state index contributed by atoms with van der Waals surface area (Å²) in [5.41, 5.74) is 2.68. The fraction of sp³-hybridized carbons (Fsp3) is 0.273. The number of carbonyl (C=O) groups excluding carboxylic acids is 1. The van der Waals surface area contributed by atoms with E-state index in [4.69, 9.17) is 11.6 Å². The molecule has 1 saturated carbocycles. The fourth-order valence-electron chi connectivity index (χ4n) is 3.93. The number of pyridine rings is 1. The van der Waals surface area contributed by atoms with Crippen molar-refractivity contribution in [3.63, 3.8) is 0 Å². The smallest absolute Gasteiger partial charge is 0.319 e. The highest BCUT2D eigenvalue weighted by atomic mass is 35.5. The molecule has 1 aliphatic carbocycles. The lowest BCUT2D eigenvalue weighted by molar-refractivity contribution is 0.242. The van der Waals surface area contributed by atoms with Crippen molar-refractivity contribution in [1.82, 2.24) is 10.3 Å². The molecule has 144 valence electrons. The maximum absolute atomic E-state index is 13.7. The average molecular weight is 398 g/mol. The van der Waals surface area contributed by atoms with Crippen LogP contribution in [0.15, 0.2) is 54.7 Å². The van der Waals surface area contributed by atoms with E-state index in [-0.39, 0.29) is 17.9 Å². The van der Waals surface area contributed by atoms with E-state index in [9.17, 15) is 9.18 Å². The molecular weight excluding hydrogens is 377 g/mol. The number of carbonyl (C=O) groups is 1. The van der Waals surface area contributed by atoms with Crippen molar-refractivity contribution in [2.45, 2.75) is 37.6 Å². The van der Waals surface area contributed by atoms with Crippen molar-refractivity contribution in [2.75, 3.05) is 5.32 Å². The van der Waals surface area contributed by atoms with Crippen LogP contribution in [0.25, 0.3) is 10.9 Å². The Hall–Kier alpha value is -2.66. The van der Waals surface area contributed by atoms with Gasteiger partial charge < -0.3 is 10.6 Å². The van der Waals surface area contributed by atoms with Gasteiger partial charge in [0.05, 0.1) is 5.52 Å². The highest BCUT2D eigenvalue weighted by Crippen LogP contribution is 2.36. The standard InChI is InChI=1S/C22H21ClFN3O/c23-15-3-8-18(9-4-15)27-22(28)26-17-6-1-14(2-7-17)19-11-12-25-21-10-5-16(24)13-20(19)21/h3-5,8-14,17H,1-2,6-7H2,(H2,26,27,28)/t14-,17+. The first-order chi connectivity index (χ1) is 13.6. The molecule has 28 heavy (non-hydrogen) atoms. The van der Waals surface area contributed by atoms with Crippen molar-refractivity contribution in [1.29, 1.82) is 0 Å². The summed E-state index contributed by atoms with van der Waals surface area (Å²) in [4.78, 5) is 16.6. The number of urea groups is 1. The minimum atomic E-state index is -0.240. The molecule has 1 heterocycles. The third-order valence-corrected chi connectivity index (χ3v) is 5.59. The summed E-state index contributed by atoms with van der Waals surface area (Å²) in [6.07, 6.45) is 5.46. The second-order valence-corrected chi connectivity index (χ2v) is 7.65. The van der Waals surface area contributed by atoms with Gasteiger partial charge in [0.2, 0.25) is 0 Å². The predicted octanol–water partition coefficient (Wildman–Crippen LogP) is 5.88. The zero-order valence-electron chi connectivity index (χ0n) is 15.3. The van der Waals surface area contributed by atoms with E-state index in [0.29, 0.717) is 16.6 Å². The van der Waals surface area contributed by atoms with Crippen molar-refractivity contribution >= 4 is 34.2 Å². The lowest BCUT2D eigenvalue weighted by atomic mass is 9.80. The number of rotatable bonds is 3. The minimum Gasteiger partial charge on any atom is -0.335 e. The Labute approximate surface area is 168 Å². The lowest BCUT2D eigenvalue weighted by Crippen LogP contribution is -2.39. The molecule has 0 atom stereocenters. The molecule has 1 aromatic heterocycles. The third-order valence-electron chi connectivity index (χ3n) is 5.34. The van der Waals surface area contributed by atoms with Gasteiger partial charge in [-0.1, -0.05) is 11.6 Å². The molecule has 6 heteroatoms. The second kappa shape index (κ2) is 8.15. The SMILES string of the molecule is O=C(Nc1ccc(Cl)cc1)N[C@H]1CC[C@@H](c2ccnc3ccc(F)cc32)CC1. The van der Waals surface area contributed by atoms with E-state index in [0.717, 1.165) is 42.1 Å². The highest BCUT2D eigenvalue weighted by Gasteiger charge is 2.25. The summed E-state index contributed by atoms with van der Waals surface area (Å²) in [6, 6.07) is 13.7. The maximum Gasteiger partial charge on any atom is 0.319 e. The van der Waals surface area contributed by atoms with Crippen molar-refractivity contribution in [2.24, 2.45) is 0 Å². The molecule has 0 radical (unpaired) electrons. The van der Waals surface area contributed by atoms with E-state index >= 15 is 0 Å². The Kier molecular flexibility index (Phi) is 5.44. The first kappa shape index (κ1) is 18.7. The molecule has 4 nitrogen and oxygen atoms in total. The van der Waals surface area contributed by atoms with Gasteiger partial charge in [-0.3, -0.25) is 4.98 Å². The molecule has 0 unspecified atom stereocenters. The molecule has 2 aromatic carbocycles. The van der Waals surface area contributed by atoms with Crippen molar-refractivity contribution < 1.29 is 9.18 Å². The van der Waals surface area contributed by atoms with Crippen LogP contribution >= 0.6 is 11.6 Å². The summed E-state index contributed by atoms with van der Waals surface area (Å²) in [5.74, 6) is 0.112. The van der Waals surface area contributed by atoms with Gasteiger partial charge in [-0.2, -0.15) is 0 Å². The largest absolute Gasteiger partial charge is 0.335 e. The Morgan fingerprint density at radius 1 is 1.04 bits per heavy atom. The van der Waals surface area contributed by atoms with Gasteiger partial charge in [0.1, 0.15) is 5.82 Å². The van der Waals surface area contributed by atoms with Crippen LogP contribution in [0.5, 0.6) is 0 Å². The summed E-state index contributed by atoms with van der Waals surface area (Å²) >= 11 is 5.86. The number of amides is 2. The van der Waals surface area contributed by atoms with Crippen molar-refractivity contribution in [3.05, 3.63) is 71.1 Å². The van der Waals surface area contributed by atoms with Gasteiger partial charge in [0.25, 0.3) is 0 Å². The topological polar surface area (TPSA) is 54.0 Å². The van der Waals surface area contributed by atoms with E-state index < -0.39 is 0 Å². The Balaban J connectivity index is 1.36. The van der Waals surface area contributed by atoms with Gasteiger partial charge in [-0.05, 0) is 85.7 Å². The Morgan fingerprint density at radius 3 is 2.54 bits per heavy atom. The van der Waals surface area contributed by atoms with Crippen LogP contribution in [0, 0.1) is 5.82 Å². The van der Waals surface area contributed by atoms with Crippen LogP contribution in [0.3, 0.4) is 0 Å². The number of nitrogens with one attached hydrogen (secondary N) is 2. The number of hydrogen-bond donors (Lipinski definition) is 2. The highest BCUT2D eigenvalue weighted by molar-refractivity contribution is 6.30. The first-order valence-corrected chi connectivity index (χ1v) is 9.83. The van der Waals surface area contributed by atoms with E-state index in [1.54, 1.807) is 42.6 Å². The quantitative estimate of drug-likeness (QED) is 0.580. The maximum atomic E-state index is 13.7. The van der Waals surface area contributed by atoms with Gasteiger partial charge in [-0.25, -0.2) is 9.18 Å². The number of nitrogens with zero attached hydrogens (tertiary/aromatic N) is 1. The summed E-state index contributed by atoms with van der Waals surface area (Å²) in [7, 11) is 0. The van der Waals surface area contributed by atoms with E-state index in [1.807, 2.05) is 6.07 Å². The number of benzene rings is 2. The summed E-state index contributed by atoms with van der Waals surface area (Å²) in [6.45, 7) is 0. The zero-order chi connectivity index (χ0) is 19.5. The zero-order valence-corrected chi connectivity index (χ0v) is 16.0. The van der Waals surface area contributed by atoms with Gasteiger partial charge in [0.15, 0.2) is 0 Å². The molecule has 0 aliphatic heterocycles. The molecule has 4 rings (SSSR count). The van der Waals surface area contributed by atoms with Crippen LogP contribution in [-0.2, 0) is 0 Å². The normalized spacial score (nSPS) is 19.4. The second-order valence-electron chi connectivity index (χ2n) is 7.22. The van der Waals surface area contributed by atoms with Crippen LogP contribution in [0.1, 0.15) is 37.2 Å². The molecule has 0 bridgehead atoms. The molecule has 0 saturated heterocycles. The average Bonchev–Trinajstić information content (AvgIpc) is 2.70. The monoisotopic (exact) mass is 397 g/mol. The minimum absolute atomic E-state index is 0.133. The molecular formula is C22H21ClFN3O. The summed E-state index contributed by atoms with van der Waals surface area (Å²) < 4.78 is 13.7. The van der Waals surface area contributed by atoms with Crippen molar-refractivity contribution in [3.8, 4) is 0 Å². The van der Waals surface area contributed by atoms with E-state index in [2.05, 4.69) is 15.6 Å². The number of anilines is 1. The Morgan fingerprint density at radius 2 is 1.79 bits per heavy atom. The van der Waals surface area contributed by atoms with Crippen LogP contribution in [0.2, 0.25) is 5.02 Å². The van der Waals surface area contributed by atoms with Gasteiger partial charge >= 0.3 is 6.03 Å². The number of halogens is 2. The molecule has 3 aromatic rings. The van der Waals surface area contributed by atoms with Gasteiger partial charge in [-0.15, -0.1) is 0 Å². The predicted molar refractivity (Wildman–Crippen MR) is 110 cm³/mol. The van der Waals surface area contributed by atoms with Gasteiger partial charge in [0, 0.05) is 28.3 Å². The fourth-order valence-corrected chi connectivity index (χ4v) is 4.06. The molecule has 0 spiro atoms. The number of fused-ring (bicyclic) bond motifs is 1. The van der Waals surface area contributed by atoms with Crippen LogP contribution < -0.4 is 10.6 Å². The molecule has 2 N–H and O–H groups in total. The van der Waals surface area contributed by atoms with E-state index in [1.165, 1.54) is 6.07 Å². The first-order valence-electron chi connectivity index (χ1n) is 9.46. The lowest BCUT2D eigenvalue weighted by Gasteiger charge is -2.30.